The quantitative estimate of drug-likeness (QED) is 0.859. The van der Waals surface area contributed by atoms with Crippen LogP contribution in [0.25, 0.3) is 10.8 Å². The molecule has 0 aliphatic heterocycles. The molecule has 1 N–H and O–H groups in total. The van der Waals surface area contributed by atoms with E-state index in [-0.39, 0.29) is 0 Å². The average Bonchev–Trinajstić information content (AvgIpc) is 2.44. The van der Waals surface area contributed by atoms with Gasteiger partial charge in [0.1, 0.15) is 0 Å². The average molecular weight is 242 g/mol. The fourth-order valence-corrected chi connectivity index (χ4v) is 2.81. The van der Waals surface area contributed by atoms with E-state index >= 15 is 0 Å². The highest BCUT2D eigenvalue weighted by Crippen LogP contribution is 2.31. The minimum Gasteiger partial charge on any atom is -0.313 e. The minimum atomic E-state index is 0.410. The van der Waals surface area contributed by atoms with Gasteiger partial charge in [-0.2, -0.15) is 0 Å². The molecule has 1 heterocycles. The van der Waals surface area contributed by atoms with Crippen molar-refractivity contribution in [2.24, 2.45) is 5.92 Å². The Kier molecular flexibility index (Phi) is 4.32. The van der Waals surface area contributed by atoms with Crippen molar-refractivity contribution in [1.29, 1.82) is 0 Å². The molecule has 0 saturated heterocycles. The zero-order valence-corrected chi connectivity index (χ0v) is 11.5. The van der Waals surface area contributed by atoms with E-state index in [4.69, 9.17) is 0 Å². The van der Waals surface area contributed by atoms with Gasteiger partial charge in [-0.3, -0.25) is 4.98 Å². The SMILES string of the molecule is CCC(CC)C(NC)c1cccc2ccncc12. The zero-order chi connectivity index (χ0) is 13.0. The highest BCUT2D eigenvalue weighted by molar-refractivity contribution is 5.85. The third-order valence-electron chi connectivity index (χ3n) is 3.88. The van der Waals surface area contributed by atoms with E-state index in [1.807, 2.05) is 12.4 Å². The maximum absolute atomic E-state index is 4.27. The van der Waals surface area contributed by atoms with Crippen molar-refractivity contribution in [1.82, 2.24) is 10.3 Å². The van der Waals surface area contributed by atoms with Crippen molar-refractivity contribution >= 4 is 10.8 Å². The molecule has 0 amide bonds. The molecule has 0 saturated carbocycles. The fourth-order valence-electron chi connectivity index (χ4n) is 2.81. The third kappa shape index (κ3) is 2.39. The van der Waals surface area contributed by atoms with Crippen molar-refractivity contribution in [3.63, 3.8) is 0 Å². The summed E-state index contributed by atoms with van der Waals surface area (Å²) in [4.78, 5) is 4.27. The standard InChI is InChI=1S/C16H22N2/c1-4-12(5-2)16(17-3)14-8-6-7-13-9-10-18-11-15(13)14/h6-12,16-17H,4-5H2,1-3H3. The molecule has 0 aliphatic carbocycles. The van der Waals surface area contributed by atoms with Crippen molar-refractivity contribution < 1.29 is 0 Å². The van der Waals surface area contributed by atoms with E-state index in [0.29, 0.717) is 12.0 Å². The molecule has 0 fully saturated rings. The molecule has 2 rings (SSSR count). The van der Waals surface area contributed by atoms with Crippen LogP contribution < -0.4 is 5.32 Å². The van der Waals surface area contributed by atoms with Crippen LogP contribution in [0.2, 0.25) is 0 Å². The molecule has 18 heavy (non-hydrogen) atoms. The van der Waals surface area contributed by atoms with Gasteiger partial charge in [-0.15, -0.1) is 0 Å². The lowest BCUT2D eigenvalue weighted by molar-refractivity contribution is 0.361. The van der Waals surface area contributed by atoms with Gasteiger partial charge in [0, 0.05) is 23.8 Å². The summed E-state index contributed by atoms with van der Waals surface area (Å²) in [6, 6.07) is 9.01. The Bertz CT molecular complexity index is 498. The van der Waals surface area contributed by atoms with Crippen molar-refractivity contribution in [3.05, 3.63) is 42.2 Å². The fraction of sp³-hybridized carbons (Fsp3) is 0.438. The monoisotopic (exact) mass is 242 g/mol. The van der Waals surface area contributed by atoms with Crippen LogP contribution in [0.3, 0.4) is 0 Å². The molecule has 0 bridgehead atoms. The number of hydrogen-bond donors (Lipinski definition) is 1. The van der Waals surface area contributed by atoms with Gasteiger partial charge in [0.25, 0.3) is 0 Å². The van der Waals surface area contributed by atoms with Gasteiger partial charge in [-0.25, -0.2) is 0 Å². The van der Waals surface area contributed by atoms with Crippen LogP contribution in [0.4, 0.5) is 0 Å². The molecular weight excluding hydrogens is 220 g/mol. The Balaban J connectivity index is 2.51. The first-order valence-corrected chi connectivity index (χ1v) is 6.81. The minimum absolute atomic E-state index is 0.410. The Morgan fingerprint density at radius 2 is 1.94 bits per heavy atom. The van der Waals surface area contributed by atoms with E-state index in [1.165, 1.54) is 29.2 Å². The summed E-state index contributed by atoms with van der Waals surface area (Å²) >= 11 is 0. The molecule has 0 radical (unpaired) electrons. The lowest BCUT2D eigenvalue weighted by Crippen LogP contribution is -2.24. The van der Waals surface area contributed by atoms with E-state index in [1.54, 1.807) is 0 Å². The summed E-state index contributed by atoms with van der Waals surface area (Å²) in [5, 5.41) is 6.03. The van der Waals surface area contributed by atoms with E-state index in [0.717, 1.165) is 0 Å². The summed E-state index contributed by atoms with van der Waals surface area (Å²) in [5.74, 6) is 0.667. The molecule has 96 valence electrons. The number of nitrogens with one attached hydrogen (secondary N) is 1. The lowest BCUT2D eigenvalue weighted by Gasteiger charge is -2.26. The molecule has 2 heteroatoms. The molecule has 2 nitrogen and oxygen atoms in total. The van der Waals surface area contributed by atoms with Crippen molar-refractivity contribution in [2.45, 2.75) is 32.7 Å². The van der Waals surface area contributed by atoms with Crippen LogP contribution in [-0.2, 0) is 0 Å². The second kappa shape index (κ2) is 5.96. The second-order valence-electron chi connectivity index (χ2n) is 4.79. The van der Waals surface area contributed by atoms with Gasteiger partial charge in [-0.1, -0.05) is 44.9 Å². The smallest absolute Gasteiger partial charge is 0.0352 e. The number of fused-ring (bicyclic) bond motifs is 1. The zero-order valence-electron chi connectivity index (χ0n) is 11.5. The van der Waals surface area contributed by atoms with Gasteiger partial charge in [0.2, 0.25) is 0 Å². The first-order chi connectivity index (χ1) is 8.81. The Morgan fingerprint density at radius 1 is 1.17 bits per heavy atom. The van der Waals surface area contributed by atoms with Gasteiger partial charge >= 0.3 is 0 Å². The first kappa shape index (κ1) is 13.0. The topological polar surface area (TPSA) is 24.9 Å². The van der Waals surface area contributed by atoms with E-state index in [2.05, 4.69) is 55.5 Å². The molecular formula is C16H22N2. The van der Waals surface area contributed by atoms with Crippen LogP contribution in [0.15, 0.2) is 36.7 Å². The van der Waals surface area contributed by atoms with Crippen LogP contribution in [-0.4, -0.2) is 12.0 Å². The molecule has 1 aromatic heterocycles. The molecule has 0 aliphatic rings. The number of aromatic nitrogens is 1. The van der Waals surface area contributed by atoms with Gasteiger partial charge in [-0.05, 0) is 30.0 Å². The third-order valence-corrected chi connectivity index (χ3v) is 3.88. The Labute approximate surface area is 109 Å². The maximum atomic E-state index is 4.27. The van der Waals surface area contributed by atoms with Crippen LogP contribution in [0.1, 0.15) is 38.3 Å². The largest absolute Gasteiger partial charge is 0.313 e. The number of hydrogen-bond acceptors (Lipinski definition) is 2. The molecule has 0 spiro atoms. The van der Waals surface area contributed by atoms with Crippen molar-refractivity contribution in [3.8, 4) is 0 Å². The van der Waals surface area contributed by atoms with Crippen LogP contribution in [0.5, 0.6) is 0 Å². The first-order valence-electron chi connectivity index (χ1n) is 6.81. The normalized spacial score (nSPS) is 13.1. The highest BCUT2D eigenvalue weighted by atomic mass is 14.9. The summed E-state index contributed by atoms with van der Waals surface area (Å²) in [6.07, 6.45) is 6.23. The van der Waals surface area contributed by atoms with E-state index < -0.39 is 0 Å². The molecule has 2 aromatic rings. The highest BCUT2D eigenvalue weighted by Gasteiger charge is 2.20. The molecule has 1 aromatic carbocycles. The van der Waals surface area contributed by atoms with Gasteiger partial charge in [0.05, 0.1) is 0 Å². The predicted octanol–water partition coefficient (Wildman–Crippen LogP) is 3.93. The van der Waals surface area contributed by atoms with Crippen LogP contribution in [0, 0.1) is 5.92 Å². The molecule has 1 unspecified atom stereocenters. The van der Waals surface area contributed by atoms with Gasteiger partial charge < -0.3 is 5.32 Å². The Hall–Kier alpha value is -1.41. The van der Waals surface area contributed by atoms with E-state index in [9.17, 15) is 0 Å². The van der Waals surface area contributed by atoms with Crippen LogP contribution >= 0.6 is 0 Å². The maximum Gasteiger partial charge on any atom is 0.0352 e. The summed E-state index contributed by atoms with van der Waals surface area (Å²) in [7, 11) is 2.05. The second-order valence-corrected chi connectivity index (χ2v) is 4.79. The Morgan fingerprint density at radius 3 is 2.61 bits per heavy atom. The summed E-state index contributed by atoms with van der Waals surface area (Å²) in [6.45, 7) is 4.53. The number of pyridine rings is 1. The number of benzene rings is 1. The van der Waals surface area contributed by atoms with Gasteiger partial charge in [0.15, 0.2) is 0 Å². The lowest BCUT2D eigenvalue weighted by atomic mass is 9.87. The molecule has 1 atom stereocenters. The predicted molar refractivity (Wildman–Crippen MR) is 77.6 cm³/mol. The number of rotatable bonds is 5. The number of nitrogens with zero attached hydrogens (tertiary/aromatic N) is 1. The van der Waals surface area contributed by atoms with Crippen molar-refractivity contribution in [2.75, 3.05) is 7.05 Å². The summed E-state index contributed by atoms with van der Waals surface area (Å²) < 4.78 is 0. The summed E-state index contributed by atoms with van der Waals surface area (Å²) in [5.41, 5.74) is 1.37.